The highest BCUT2D eigenvalue weighted by molar-refractivity contribution is 8.18. The van der Waals surface area contributed by atoms with Crippen LogP contribution in [0.2, 0.25) is 0 Å². The van der Waals surface area contributed by atoms with Crippen molar-refractivity contribution in [2.75, 3.05) is 18.7 Å². The Morgan fingerprint density at radius 2 is 1.92 bits per heavy atom. The van der Waals surface area contributed by atoms with Crippen molar-refractivity contribution < 1.29 is 38.2 Å². The Morgan fingerprint density at radius 1 is 1.11 bits per heavy atom. The molecule has 2 aliphatic rings. The van der Waals surface area contributed by atoms with Gasteiger partial charge in [-0.1, -0.05) is 12.1 Å². The highest BCUT2D eigenvalue weighted by atomic mass is 32.2. The minimum absolute atomic E-state index is 0.0986. The molecule has 3 heterocycles. The molecule has 1 aromatic heterocycles. The summed E-state index contributed by atoms with van der Waals surface area (Å²) in [6.45, 7) is 1.32. The molecule has 2 aromatic carbocycles. The van der Waals surface area contributed by atoms with Crippen LogP contribution < -0.4 is 14.8 Å². The van der Waals surface area contributed by atoms with E-state index in [0.29, 0.717) is 51.6 Å². The van der Waals surface area contributed by atoms with Crippen LogP contribution in [0.25, 0.3) is 17.4 Å². The van der Waals surface area contributed by atoms with Crippen molar-refractivity contribution in [3.8, 4) is 22.8 Å². The summed E-state index contributed by atoms with van der Waals surface area (Å²) in [6, 6.07) is 13.0. The molecule has 0 saturated carbocycles. The molecule has 2 aliphatic heterocycles. The summed E-state index contributed by atoms with van der Waals surface area (Å²) in [5.41, 5.74) is 1.74. The topological polar surface area (TPSA) is 135 Å². The normalized spacial score (nSPS) is 15.6. The predicted octanol–water partition coefficient (Wildman–Crippen LogP) is 4.36. The molecule has 10 nitrogen and oxygen atoms in total. The largest absolute Gasteiger partial charge is 0.478 e. The Bertz CT molecular complexity index is 1460. The molecule has 0 unspecified atom stereocenters. The fraction of sp³-hybridized carbons (Fsp3) is 0.120. The number of carboxylic acid groups (broad SMARTS) is 1. The third-order valence-electron chi connectivity index (χ3n) is 5.56. The number of benzene rings is 2. The molecule has 3 amide bonds. The number of carbonyl (C=O) groups excluding carboxylic acids is 3. The fourth-order valence-electron chi connectivity index (χ4n) is 3.79. The second-order valence-electron chi connectivity index (χ2n) is 7.87. The quantitative estimate of drug-likeness (QED) is 0.468. The van der Waals surface area contributed by atoms with E-state index in [4.69, 9.17) is 13.9 Å². The van der Waals surface area contributed by atoms with E-state index in [1.165, 1.54) is 12.1 Å². The number of furan rings is 1. The number of ether oxygens (including phenoxy) is 2. The van der Waals surface area contributed by atoms with E-state index < -0.39 is 29.6 Å². The molecule has 3 aromatic rings. The Labute approximate surface area is 208 Å². The maximum Gasteiger partial charge on any atom is 0.335 e. The highest BCUT2D eigenvalue weighted by Gasteiger charge is 2.36. The number of carboxylic acids is 1. The SMILES string of the molecule is Cc1c(C(=O)O)cccc1-c1ccc(C=C2SC(=O)N(CC(=O)Nc3ccc4c(c3)OCO4)C2=O)o1. The summed E-state index contributed by atoms with van der Waals surface area (Å²) in [5, 5.41) is 11.4. The van der Waals surface area contributed by atoms with Gasteiger partial charge in [-0.3, -0.25) is 19.3 Å². The summed E-state index contributed by atoms with van der Waals surface area (Å²) in [7, 11) is 0. The minimum Gasteiger partial charge on any atom is -0.478 e. The minimum atomic E-state index is -1.04. The van der Waals surface area contributed by atoms with E-state index in [2.05, 4.69) is 5.32 Å². The highest BCUT2D eigenvalue weighted by Crippen LogP contribution is 2.35. The average Bonchev–Trinajstić information content (AvgIpc) is 3.56. The summed E-state index contributed by atoms with van der Waals surface area (Å²) in [5.74, 6) is -0.430. The van der Waals surface area contributed by atoms with E-state index in [9.17, 15) is 24.3 Å². The number of nitrogens with one attached hydrogen (secondary N) is 1. The molecule has 2 N–H and O–H groups in total. The van der Waals surface area contributed by atoms with Crippen LogP contribution in [0, 0.1) is 6.92 Å². The molecule has 1 saturated heterocycles. The summed E-state index contributed by atoms with van der Waals surface area (Å²) < 4.78 is 16.3. The molecule has 0 radical (unpaired) electrons. The molecule has 0 spiro atoms. The summed E-state index contributed by atoms with van der Waals surface area (Å²) >= 11 is 0.700. The van der Waals surface area contributed by atoms with Crippen molar-refractivity contribution in [1.29, 1.82) is 0 Å². The fourth-order valence-corrected chi connectivity index (χ4v) is 4.61. The molecule has 0 aliphatic carbocycles. The first-order valence-corrected chi connectivity index (χ1v) is 11.5. The first-order valence-electron chi connectivity index (χ1n) is 10.7. The van der Waals surface area contributed by atoms with Gasteiger partial charge in [0.2, 0.25) is 12.7 Å². The maximum absolute atomic E-state index is 12.8. The van der Waals surface area contributed by atoms with Gasteiger partial charge in [0.15, 0.2) is 11.5 Å². The molecule has 11 heteroatoms. The Kier molecular flexibility index (Phi) is 5.98. The third kappa shape index (κ3) is 4.43. The lowest BCUT2D eigenvalue weighted by Gasteiger charge is -2.12. The Morgan fingerprint density at radius 3 is 2.72 bits per heavy atom. The van der Waals surface area contributed by atoms with Crippen LogP contribution >= 0.6 is 11.8 Å². The number of fused-ring (bicyclic) bond motifs is 1. The van der Waals surface area contributed by atoms with Crippen molar-refractivity contribution >= 4 is 46.5 Å². The van der Waals surface area contributed by atoms with Gasteiger partial charge in [-0.25, -0.2) is 4.79 Å². The van der Waals surface area contributed by atoms with Gasteiger partial charge >= 0.3 is 5.97 Å². The van der Waals surface area contributed by atoms with Gasteiger partial charge in [-0.15, -0.1) is 0 Å². The van der Waals surface area contributed by atoms with E-state index in [-0.39, 0.29) is 17.3 Å². The number of thioether (sulfide) groups is 1. The molecule has 0 bridgehead atoms. The van der Waals surface area contributed by atoms with E-state index in [1.807, 2.05) is 0 Å². The van der Waals surface area contributed by atoms with Crippen LogP contribution in [0.3, 0.4) is 0 Å². The maximum atomic E-state index is 12.8. The molecule has 0 atom stereocenters. The van der Waals surface area contributed by atoms with Gasteiger partial charge in [-0.2, -0.15) is 0 Å². The lowest BCUT2D eigenvalue weighted by Crippen LogP contribution is -2.36. The van der Waals surface area contributed by atoms with Crippen LogP contribution in [0.15, 0.2) is 57.9 Å². The number of rotatable bonds is 6. The van der Waals surface area contributed by atoms with Crippen molar-refractivity contribution in [3.63, 3.8) is 0 Å². The van der Waals surface area contributed by atoms with Crippen molar-refractivity contribution in [2.24, 2.45) is 0 Å². The molecular formula is C25H18N2O8S. The predicted molar refractivity (Wildman–Crippen MR) is 130 cm³/mol. The number of hydrogen-bond donors (Lipinski definition) is 2. The van der Waals surface area contributed by atoms with Gasteiger partial charge in [0.05, 0.1) is 10.5 Å². The van der Waals surface area contributed by atoms with Gasteiger partial charge in [0.1, 0.15) is 18.1 Å². The first-order chi connectivity index (χ1) is 17.3. The number of hydrogen-bond acceptors (Lipinski definition) is 8. The van der Waals surface area contributed by atoms with E-state index >= 15 is 0 Å². The monoisotopic (exact) mass is 506 g/mol. The number of amides is 3. The summed E-state index contributed by atoms with van der Waals surface area (Å²) in [6.07, 6.45) is 1.42. The van der Waals surface area contributed by atoms with Gasteiger partial charge < -0.3 is 24.3 Å². The van der Waals surface area contributed by atoms with Crippen molar-refractivity contribution in [3.05, 3.63) is 70.3 Å². The van der Waals surface area contributed by atoms with Crippen LogP contribution in [0.4, 0.5) is 10.5 Å². The molecule has 182 valence electrons. The number of carbonyl (C=O) groups is 4. The first kappa shape index (κ1) is 23.2. The zero-order chi connectivity index (χ0) is 25.4. The zero-order valence-corrected chi connectivity index (χ0v) is 19.6. The lowest BCUT2D eigenvalue weighted by molar-refractivity contribution is -0.127. The van der Waals surface area contributed by atoms with Crippen LogP contribution in [-0.4, -0.2) is 46.4 Å². The standard InChI is InChI=1S/C25H18N2O8S/c1-13-16(3-2-4-17(13)24(30)31)18-8-6-15(35-18)10-21-23(29)27(25(32)36-21)11-22(28)26-14-5-7-19-20(9-14)34-12-33-19/h2-10H,11-12H2,1H3,(H,26,28)(H,30,31). The molecule has 1 fully saturated rings. The Balaban J connectivity index is 1.28. The number of aromatic carboxylic acids is 1. The van der Waals surface area contributed by atoms with Crippen LogP contribution in [0.1, 0.15) is 21.7 Å². The number of imide groups is 1. The third-order valence-corrected chi connectivity index (χ3v) is 6.47. The van der Waals surface area contributed by atoms with Gasteiger partial charge in [0.25, 0.3) is 11.1 Å². The molecule has 5 rings (SSSR count). The zero-order valence-electron chi connectivity index (χ0n) is 18.8. The second kappa shape index (κ2) is 9.27. The van der Waals surface area contributed by atoms with E-state index in [1.54, 1.807) is 49.4 Å². The van der Waals surface area contributed by atoms with Crippen LogP contribution in [0.5, 0.6) is 11.5 Å². The van der Waals surface area contributed by atoms with Crippen molar-refractivity contribution in [2.45, 2.75) is 6.92 Å². The smallest absolute Gasteiger partial charge is 0.335 e. The molecule has 36 heavy (non-hydrogen) atoms. The molecular weight excluding hydrogens is 488 g/mol. The van der Waals surface area contributed by atoms with Crippen LogP contribution in [-0.2, 0) is 9.59 Å². The summed E-state index contributed by atoms with van der Waals surface area (Å²) in [4.78, 5) is 50.1. The van der Waals surface area contributed by atoms with E-state index in [0.717, 1.165) is 4.90 Å². The Hall–Kier alpha value is -4.51. The second-order valence-corrected chi connectivity index (χ2v) is 8.86. The lowest BCUT2D eigenvalue weighted by atomic mass is 10.0. The number of anilines is 1. The average molecular weight is 506 g/mol. The number of nitrogens with zero attached hydrogens (tertiary/aromatic N) is 1. The van der Waals surface area contributed by atoms with Gasteiger partial charge in [-0.05, 0) is 54.6 Å². The van der Waals surface area contributed by atoms with Crippen molar-refractivity contribution in [1.82, 2.24) is 4.90 Å². The van der Waals surface area contributed by atoms with Gasteiger partial charge in [0, 0.05) is 23.4 Å².